The molecule has 0 atom stereocenters. The first-order valence-electron chi connectivity index (χ1n) is 21.2. The number of halogens is 3. The van der Waals surface area contributed by atoms with Gasteiger partial charge in [-0.05, 0) is 20.8 Å². The molecule has 4 aromatic carbocycles. The standard InChI is InChI=1S/C48H81Si7.3ClH.Ti/c1-32-33(2)35(4)45(34(32)3)55(46-36(5)39(49(8,9)10)26-29-42(46)52(17,18)19,47-37(6)40(50(11,12)13)27-30-43(47)53(20,21)22)48-38(7)41(51(14,15)16)28-31-44(48)54(23,24)25;;;;/h26-31H,1-25H3;3*1H;/q-1;;;;+4/p-3. The van der Waals surface area contributed by atoms with Crippen LogP contribution in [0.1, 0.15) is 38.9 Å². The predicted octanol–water partition coefficient (Wildman–Crippen LogP) is -0.777. The van der Waals surface area contributed by atoms with Crippen LogP contribution in [-0.4, -0.2) is 56.5 Å². The van der Waals surface area contributed by atoms with Gasteiger partial charge in [-0.3, -0.25) is 0 Å². The van der Waals surface area contributed by atoms with Gasteiger partial charge in [0, 0.05) is 0 Å². The first kappa shape index (κ1) is 59.1. The maximum Gasteiger partial charge on any atom is 4.00 e. The predicted molar refractivity (Wildman–Crippen MR) is 277 cm³/mol. The summed E-state index contributed by atoms with van der Waals surface area (Å²) in [6.45, 7) is 65.0. The number of rotatable bonds is 10. The third kappa shape index (κ3) is 10.6. The molecule has 0 spiro atoms. The summed E-state index contributed by atoms with van der Waals surface area (Å²) < 4.78 is 0. The van der Waals surface area contributed by atoms with E-state index in [2.05, 4.69) is 203 Å². The zero-order valence-corrected chi connectivity index (χ0v) is 52.9. The van der Waals surface area contributed by atoms with Crippen molar-refractivity contribution in [3.05, 3.63) is 75.3 Å². The second-order valence-electron chi connectivity index (χ2n) is 23.6. The molecular weight excluding hydrogens is 927 g/mol. The first-order chi connectivity index (χ1) is 24.5. The van der Waals surface area contributed by atoms with E-state index in [0.29, 0.717) is 0 Å². The Morgan fingerprint density at radius 2 is 0.458 bits per heavy atom. The quantitative estimate of drug-likeness (QED) is 0.111. The molecule has 0 unspecified atom stereocenters. The van der Waals surface area contributed by atoms with Gasteiger partial charge in [0.2, 0.25) is 0 Å². The fourth-order valence-electron chi connectivity index (χ4n) is 10.4. The monoisotopic (exact) mass is 1010 g/mol. The maximum absolute atomic E-state index is 3.16. The molecule has 0 aliphatic heterocycles. The van der Waals surface area contributed by atoms with Crippen molar-refractivity contribution in [2.45, 2.75) is 166 Å². The van der Waals surface area contributed by atoms with E-state index in [0.717, 1.165) is 0 Å². The van der Waals surface area contributed by atoms with E-state index in [9.17, 15) is 0 Å². The summed E-state index contributed by atoms with van der Waals surface area (Å²) in [6.07, 6.45) is 0. The van der Waals surface area contributed by atoms with E-state index < -0.39 is 56.5 Å². The molecule has 0 radical (unpaired) electrons. The van der Waals surface area contributed by atoms with Gasteiger partial charge in [0.05, 0.1) is 48.4 Å². The molecule has 0 saturated heterocycles. The van der Waals surface area contributed by atoms with Crippen molar-refractivity contribution in [1.82, 2.24) is 0 Å². The van der Waals surface area contributed by atoms with Gasteiger partial charge in [-0.15, -0.1) is 5.19 Å². The molecule has 326 valence electrons. The molecule has 0 fully saturated rings. The Bertz CT molecular complexity index is 1920. The van der Waals surface area contributed by atoms with Crippen LogP contribution in [0.2, 0.25) is 118 Å². The second-order valence-corrected chi connectivity index (χ2v) is 57.3. The Morgan fingerprint density at radius 3 is 0.627 bits per heavy atom. The van der Waals surface area contributed by atoms with E-state index in [-0.39, 0.29) is 58.9 Å². The maximum atomic E-state index is 2.70. The zero-order valence-electron chi connectivity index (χ0n) is 42.1. The van der Waals surface area contributed by atoms with Crippen molar-refractivity contribution in [2.24, 2.45) is 0 Å². The van der Waals surface area contributed by atoms with E-state index in [4.69, 9.17) is 0 Å². The Morgan fingerprint density at radius 1 is 0.288 bits per heavy atom. The van der Waals surface area contributed by atoms with Crippen molar-refractivity contribution >= 4 is 108 Å². The van der Waals surface area contributed by atoms with Crippen molar-refractivity contribution in [1.29, 1.82) is 0 Å². The molecule has 0 amide bonds. The van der Waals surface area contributed by atoms with Gasteiger partial charge in [0.25, 0.3) is 0 Å². The van der Waals surface area contributed by atoms with Crippen molar-refractivity contribution in [3.63, 3.8) is 0 Å². The van der Waals surface area contributed by atoms with Crippen LogP contribution in [0.4, 0.5) is 0 Å². The third-order valence-electron chi connectivity index (χ3n) is 13.2. The fourth-order valence-corrected chi connectivity index (χ4v) is 32.5. The molecule has 4 aromatic rings. The minimum Gasteiger partial charge on any atom is -1.00 e. The molecule has 11 heteroatoms. The Hall–Kier alpha value is 0.112. The van der Waals surface area contributed by atoms with Crippen LogP contribution in [-0.2, 0) is 21.7 Å². The summed E-state index contributed by atoms with van der Waals surface area (Å²) in [5, 5.41) is 17.3. The summed E-state index contributed by atoms with van der Waals surface area (Å²) in [7, 11) is -14.1. The molecule has 0 aromatic heterocycles. The fraction of sp³-hybridized carbons (Fsp3) is 0.521. The largest absolute Gasteiger partial charge is 4.00 e. The Labute approximate surface area is 405 Å². The molecule has 0 nitrogen and oxygen atoms in total. The number of hydrogen-bond donors (Lipinski definition) is 0. The number of benzene rings is 3. The normalized spacial score (nSPS) is 13.0. The van der Waals surface area contributed by atoms with Crippen molar-refractivity contribution in [3.8, 4) is 0 Å². The molecule has 4 rings (SSSR count). The van der Waals surface area contributed by atoms with E-state index in [1.54, 1.807) is 79.7 Å². The van der Waals surface area contributed by atoms with Crippen LogP contribution >= 0.6 is 0 Å². The molecule has 0 heterocycles. The molecule has 0 aliphatic carbocycles. The van der Waals surface area contributed by atoms with Gasteiger partial charge in [-0.1, -0.05) is 245 Å². The molecule has 59 heavy (non-hydrogen) atoms. The summed E-state index contributed by atoms with van der Waals surface area (Å²) >= 11 is 0. The summed E-state index contributed by atoms with van der Waals surface area (Å²) in [5.74, 6) is 0. The summed E-state index contributed by atoms with van der Waals surface area (Å²) in [6, 6.07) is 16.0. The topological polar surface area (TPSA) is 0 Å². The molecule has 0 aliphatic rings. The second kappa shape index (κ2) is 19.3. The van der Waals surface area contributed by atoms with Gasteiger partial charge < -0.3 is 37.2 Å². The summed E-state index contributed by atoms with van der Waals surface area (Å²) in [5.41, 5.74) is 11.1. The van der Waals surface area contributed by atoms with Crippen LogP contribution in [0.25, 0.3) is 0 Å². The minimum atomic E-state index is -3.16. The van der Waals surface area contributed by atoms with Crippen molar-refractivity contribution in [2.75, 3.05) is 0 Å². The molecule has 0 N–H and O–H groups in total. The SMILES string of the molecule is Cc1c([Si](C)(C)C)ccc([Si](C)(C)C)c1[Si](c1c([Si](C)(C)C)ccc([Si](C)(C)C)c1C)(c1c([Si](C)(C)C)ccc([Si](C)(C)C)c1C)[c-]1c(C)c(C)c(C)c1C.[Cl-].[Cl-].[Cl-].[Ti+4]. The van der Waals surface area contributed by atoms with Gasteiger partial charge in [-0.2, -0.15) is 22.3 Å². The number of hydrogen-bond acceptors (Lipinski definition) is 0. The van der Waals surface area contributed by atoms with E-state index >= 15 is 0 Å². The molecule has 0 bridgehead atoms. The Kier molecular flexibility index (Phi) is 19.3. The van der Waals surface area contributed by atoms with Crippen LogP contribution in [0.15, 0.2) is 36.4 Å². The average molecular weight is 1010 g/mol. The zero-order chi connectivity index (χ0) is 42.6. The third-order valence-corrected chi connectivity index (χ3v) is 32.2. The Balaban J connectivity index is 0.00000841. The van der Waals surface area contributed by atoms with E-state index in [1.165, 1.54) is 11.1 Å². The molecular formula is C48H81Cl3Si7Ti. The van der Waals surface area contributed by atoms with Crippen LogP contribution in [0.3, 0.4) is 0 Å². The van der Waals surface area contributed by atoms with Gasteiger partial charge in [0.15, 0.2) is 0 Å². The van der Waals surface area contributed by atoms with Crippen LogP contribution < -0.4 is 89.1 Å². The minimum absolute atomic E-state index is 0. The van der Waals surface area contributed by atoms with Crippen LogP contribution in [0, 0.1) is 48.5 Å². The van der Waals surface area contributed by atoms with Gasteiger partial charge in [0.1, 0.15) is 8.07 Å². The average Bonchev–Trinajstić information content (AvgIpc) is 3.17. The van der Waals surface area contributed by atoms with Gasteiger partial charge in [-0.25, -0.2) is 0 Å². The molecule has 0 saturated carbocycles. The summed E-state index contributed by atoms with van der Waals surface area (Å²) in [4.78, 5) is 0. The van der Waals surface area contributed by atoms with Gasteiger partial charge >= 0.3 is 21.7 Å². The smallest absolute Gasteiger partial charge is 1.00 e. The van der Waals surface area contributed by atoms with Crippen molar-refractivity contribution < 1.29 is 58.9 Å². The van der Waals surface area contributed by atoms with E-state index in [1.807, 2.05) is 0 Å². The van der Waals surface area contributed by atoms with Crippen LogP contribution in [0.5, 0.6) is 0 Å². The first-order valence-corrected chi connectivity index (χ1v) is 44.2.